The fourth-order valence-electron chi connectivity index (χ4n) is 3.12. The van der Waals surface area contributed by atoms with E-state index in [-0.39, 0.29) is 34.7 Å². The zero-order chi connectivity index (χ0) is 19.8. The molecule has 2 atom stereocenters. The van der Waals surface area contributed by atoms with Crippen LogP contribution in [0.15, 0.2) is 30.6 Å². The van der Waals surface area contributed by atoms with Crippen LogP contribution < -0.4 is 15.2 Å². The third kappa shape index (κ3) is 4.30. The van der Waals surface area contributed by atoms with E-state index in [0.29, 0.717) is 17.0 Å². The first-order chi connectivity index (χ1) is 12.7. The van der Waals surface area contributed by atoms with Crippen LogP contribution in [0.4, 0.5) is 13.2 Å². The molecule has 4 nitrogen and oxygen atoms in total. The highest BCUT2D eigenvalue weighted by atomic mass is 35.5. The molecule has 0 radical (unpaired) electrons. The molecule has 1 aromatic heterocycles. The lowest BCUT2D eigenvalue weighted by Crippen LogP contribution is -2.30. The molecular weight excluding hydrogens is 381 g/mol. The van der Waals surface area contributed by atoms with Gasteiger partial charge in [0.05, 0.1) is 5.02 Å². The van der Waals surface area contributed by atoms with E-state index in [2.05, 4.69) is 4.98 Å². The first-order valence-electron chi connectivity index (χ1n) is 8.56. The molecular formula is C19H20ClF3N2O2. The molecule has 0 amide bonds. The number of hydrogen-bond acceptors (Lipinski definition) is 4. The number of benzene rings is 1. The summed E-state index contributed by atoms with van der Waals surface area (Å²) < 4.78 is 51.2. The van der Waals surface area contributed by atoms with Crippen molar-refractivity contribution in [3.63, 3.8) is 0 Å². The van der Waals surface area contributed by atoms with Gasteiger partial charge < -0.3 is 15.2 Å². The van der Waals surface area contributed by atoms with E-state index in [0.717, 1.165) is 6.42 Å². The molecule has 2 aromatic rings. The summed E-state index contributed by atoms with van der Waals surface area (Å²) in [5.74, 6) is 0.713. The van der Waals surface area contributed by atoms with Gasteiger partial charge in [0.15, 0.2) is 0 Å². The van der Waals surface area contributed by atoms with Crippen LogP contribution in [0.5, 0.6) is 11.5 Å². The summed E-state index contributed by atoms with van der Waals surface area (Å²) in [4.78, 5) is 3.80. The number of alkyl halides is 3. The highest BCUT2D eigenvalue weighted by Gasteiger charge is 2.46. The monoisotopic (exact) mass is 400 g/mol. The van der Waals surface area contributed by atoms with Gasteiger partial charge in [0.25, 0.3) is 0 Å². The second-order valence-electron chi connectivity index (χ2n) is 6.98. The Morgan fingerprint density at radius 3 is 2.70 bits per heavy atom. The molecule has 27 heavy (non-hydrogen) atoms. The molecule has 2 heterocycles. The second-order valence-corrected chi connectivity index (χ2v) is 7.39. The van der Waals surface area contributed by atoms with Crippen molar-refractivity contribution in [3.05, 3.63) is 41.2 Å². The van der Waals surface area contributed by atoms with Crippen molar-refractivity contribution in [3.8, 4) is 22.6 Å². The van der Waals surface area contributed by atoms with Crippen molar-refractivity contribution in [1.29, 1.82) is 0 Å². The van der Waals surface area contributed by atoms with Gasteiger partial charge in [0.1, 0.15) is 18.1 Å². The topological polar surface area (TPSA) is 57.4 Å². The van der Waals surface area contributed by atoms with E-state index in [9.17, 15) is 13.2 Å². The van der Waals surface area contributed by atoms with E-state index in [1.165, 1.54) is 24.5 Å². The molecule has 0 spiro atoms. The predicted octanol–water partition coefficient (Wildman–Crippen LogP) is 5.15. The Morgan fingerprint density at radius 1 is 1.30 bits per heavy atom. The van der Waals surface area contributed by atoms with E-state index in [1.54, 1.807) is 6.07 Å². The van der Waals surface area contributed by atoms with Crippen molar-refractivity contribution in [2.75, 3.05) is 6.61 Å². The minimum atomic E-state index is -4.57. The minimum absolute atomic E-state index is 0.0406. The summed E-state index contributed by atoms with van der Waals surface area (Å²) in [7, 11) is 0. The minimum Gasteiger partial charge on any atom is -0.490 e. The van der Waals surface area contributed by atoms with Crippen LogP contribution >= 0.6 is 11.6 Å². The van der Waals surface area contributed by atoms with Gasteiger partial charge in [-0.15, -0.1) is 0 Å². The van der Waals surface area contributed by atoms with E-state index >= 15 is 0 Å². The smallest absolute Gasteiger partial charge is 0.429 e. The number of nitrogens with two attached hydrogens (primary N) is 1. The molecule has 0 fully saturated rings. The van der Waals surface area contributed by atoms with E-state index in [1.807, 2.05) is 13.8 Å². The summed E-state index contributed by atoms with van der Waals surface area (Å²) in [6, 6.07) is 4.26. The van der Waals surface area contributed by atoms with Gasteiger partial charge in [-0.05, 0) is 30.0 Å². The molecule has 1 aliphatic rings. The van der Waals surface area contributed by atoms with E-state index < -0.39 is 12.3 Å². The lowest BCUT2D eigenvalue weighted by molar-refractivity contribution is -0.198. The summed E-state index contributed by atoms with van der Waals surface area (Å²) >= 11 is 6.28. The number of aromatic nitrogens is 1. The average molecular weight is 401 g/mol. The van der Waals surface area contributed by atoms with Crippen LogP contribution in [0.3, 0.4) is 0 Å². The maximum atomic E-state index is 13.4. The Morgan fingerprint density at radius 2 is 2.04 bits per heavy atom. The molecule has 3 rings (SSSR count). The Labute approximate surface area is 160 Å². The van der Waals surface area contributed by atoms with Crippen LogP contribution in [-0.2, 0) is 0 Å². The number of rotatable bonds is 5. The Hall–Kier alpha value is -1.99. The van der Waals surface area contributed by atoms with Crippen molar-refractivity contribution in [2.24, 2.45) is 11.7 Å². The standard InChI is InChI=1S/C19H20ClF3N2O2/c1-10(2)5-11(24)9-26-17-7-16-13(6-15(17)20)12-3-4-25-8-14(12)18(27-16)19(21,22)23/h3-4,6-8,10-11,18H,5,9,24H2,1-2H3. The molecule has 1 aromatic carbocycles. The molecule has 146 valence electrons. The third-order valence-electron chi connectivity index (χ3n) is 4.23. The number of halogens is 4. The van der Waals surface area contributed by atoms with Crippen molar-refractivity contribution in [1.82, 2.24) is 4.98 Å². The molecule has 2 N–H and O–H groups in total. The fraction of sp³-hybridized carbons (Fsp3) is 0.421. The Balaban J connectivity index is 1.93. The van der Waals surface area contributed by atoms with Crippen molar-refractivity contribution >= 4 is 11.6 Å². The molecule has 0 saturated heterocycles. The second kappa shape index (κ2) is 7.56. The van der Waals surface area contributed by atoms with Crippen LogP contribution in [0.25, 0.3) is 11.1 Å². The number of pyridine rings is 1. The molecule has 8 heteroatoms. The summed E-state index contributed by atoms with van der Waals surface area (Å²) in [5.41, 5.74) is 6.81. The van der Waals surface area contributed by atoms with Crippen LogP contribution in [0, 0.1) is 5.92 Å². The van der Waals surface area contributed by atoms with Gasteiger partial charge in [-0.25, -0.2) is 0 Å². The van der Waals surface area contributed by atoms with Gasteiger partial charge >= 0.3 is 6.18 Å². The van der Waals surface area contributed by atoms with Crippen LogP contribution in [0.1, 0.15) is 31.9 Å². The van der Waals surface area contributed by atoms with Crippen LogP contribution in [-0.4, -0.2) is 23.8 Å². The number of hydrogen-bond donors (Lipinski definition) is 1. The predicted molar refractivity (Wildman–Crippen MR) is 97.0 cm³/mol. The zero-order valence-corrected chi connectivity index (χ0v) is 15.6. The summed E-state index contributed by atoms with van der Waals surface area (Å²) in [6.45, 7) is 4.30. The Kier molecular flexibility index (Phi) is 5.53. The SMILES string of the molecule is CC(C)CC(N)COc1cc2c(cc1Cl)-c1ccncc1C(C(F)(F)F)O2. The van der Waals surface area contributed by atoms with Gasteiger partial charge in [-0.2, -0.15) is 13.2 Å². The largest absolute Gasteiger partial charge is 0.490 e. The number of fused-ring (bicyclic) bond motifs is 3. The number of nitrogens with zero attached hydrogens (tertiary/aromatic N) is 1. The maximum Gasteiger partial charge on any atom is 0.429 e. The van der Waals surface area contributed by atoms with Crippen molar-refractivity contribution in [2.45, 2.75) is 38.6 Å². The maximum absolute atomic E-state index is 13.4. The molecule has 0 saturated carbocycles. The molecule has 0 bridgehead atoms. The molecule has 0 aliphatic carbocycles. The summed E-state index contributed by atoms with van der Waals surface area (Å²) in [5, 5.41) is 0.280. The highest BCUT2D eigenvalue weighted by molar-refractivity contribution is 6.32. The quantitative estimate of drug-likeness (QED) is 0.754. The number of ether oxygens (including phenoxy) is 2. The van der Waals surface area contributed by atoms with Crippen molar-refractivity contribution < 1.29 is 22.6 Å². The normalized spacial score (nSPS) is 17.1. The fourth-order valence-corrected chi connectivity index (χ4v) is 3.34. The highest BCUT2D eigenvalue weighted by Crippen LogP contribution is 2.50. The van der Waals surface area contributed by atoms with E-state index in [4.69, 9.17) is 26.8 Å². The van der Waals surface area contributed by atoms with Gasteiger partial charge in [-0.3, -0.25) is 4.98 Å². The van der Waals surface area contributed by atoms with Gasteiger partial charge in [0.2, 0.25) is 6.10 Å². The average Bonchev–Trinajstić information content (AvgIpc) is 2.58. The third-order valence-corrected chi connectivity index (χ3v) is 4.52. The van der Waals surface area contributed by atoms with Gasteiger partial charge in [0, 0.05) is 35.6 Å². The lowest BCUT2D eigenvalue weighted by atomic mass is 9.94. The first-order valence-corrected chi connectivity index (χ1v) is 8.94. The lowest BCUT2D eigenvalue weighted by Gasteiger charge is -2.30. The molecule has 1 aliphatic heterocycles. The van der Waals surface area contributed by atoms with Crippen LogP contribution in [0.2, 0.25) is 5.02 Å². The molecule has 2 unspecified atom stereocenters. The first kappa shape index (κ1) is 19.8. The Bertz CT molecular complexity index is 827. The summed E-state index contributed by atoms with van der Waals surface area (Å²) in [6.07, 6.45) is -3.30. The van der Waals surface area contributed by atoms with Gasteiger partial charge in [-0.1, -0.05) is 25.4 Å². The zero-order valence-electron chi connectivity index (χ0n) is 14.9.